The quantitative estimate of drug-likeness (QED) is 0.345. The normalized spacial score (nSPS) is 18.2. The maximum absolute atomic E-state index is 12.4. The standard InChI is InChI=1S/C15H11N5O4/c21-9-13-14(17-18-15(22)10-4-3-7-16-8-10)20(24)12-6-2-1-5-11(12)19(13)23/h1-9,20H,(H,18,22)/b17-14+. The predicted molar refractivity (Wildman–Crippen MR) is 83.9 cm³/mol. The van der Waals surface area contributed by atoms with E-state index in [0.717, 1.165) is 0 Å². The summed E-state index contributed by atoms with van der Waals surface area (Å²) >= 11 is 0. The van der Waals surface area contributed by atoms with E-state index in [1.165, 1.54) is 30.6 Å². The number of amidine groups is 1. The number of rotatable bonds is 3. The van der Waals surface area contributed by atoms with Crippen molar-refractivity contribution in [2.45, 2.75) is 0 Å². The molecule has 0 saturated heterocycles. The molecule has 9 nitrogen and oxygen atoms in total. The lowest BCUT2D eigenvalue weighted by atomic mass is 10.2. The molecule has 1 atom stereocenters. The van der Waals surface area contributed by atoms with Crippen molar-refractivity contribution in [3.8, 4) is 0 Å². The Kier molecular flexibility index (Phi) is 4.10. The summed E-state index contributed by atoms with van der Waals surface area (Å²) in [6.07, 6.45) is 3.05. The molecule has 1 aliphatic heterocycles. The molecule has 1 amide bonds. The monoisotopic (exact) mass is 325 g/mol. The molecule has 1 aliphatic rings. The minimum absolute atomic E-state index is 0.0575. The molecule has 2 N–H and O–H groups in total. The number of benzene rings is 1. The number of aldehydes is 1. The Labute approximate surface area is 135 Å². The summed E-state index contributed by atoms with van der Waals surface area (Å²) in [6.45, 7) is 0. The Morgan fingerprint density at radius 1 is 1.29 bits per heavy atom. The number of amides is 1. The molecule has 0 radical (unpaired) electrons. The van der Waals surface area contributed by atoms with Gasteiger partial charge in [-0.15, -0.1) is 5.10 Å². The maximum atomic E-state index is 12.4. The highest BCUT2D eigenvalue weighted by Gasteiger charge is 2.36. The SMILES string of the molecule is O=CC1=[N+]([O-])c2ccccc2[NH+]([O-])/C1=N/NC(=O)c1cccnc1. The molecule has 0 aliphatic carbocycles. The average molecular weight is 325 g/mol. The van der Waals surface area contributed by atoms with Gasteiger partial charge in [0, 0.05) is 24.5 Å². The van der Waals surface area contributed by atoms with Crippen LogP contribution in [0.25, 0.3) is 0 Å². The molecule has 0 bridgehead atoms. The van der Waals surface area contributed by atoms with Gasteiger partial charge in [-0.2, -0.15) is 4.74 Å². The fourth-order valence-electron chi connectivity index (χ4n) is 2.19. The van der Waals surface area contributed by atoms with Crippen LogP contribution in [0.1, 0.15) is 10.4 Å². The van der Waals surface area contributed by atoms with Crippen molar-refractivity contribution in [2.24, 2.45) is 5.10 Å². The Bertz CT molecular complexity index is 863. The fourth-order valence-corrected chi connectivity index (χ4v) is 2.19. The van der Waals surface area contributed by atoms with Crippen molar-refractivity contribution < 1.29 is 19.4 Å². The van der Waals surface area contributed by atoms with E-state index in [9.17, 15) is 20.0 Å². The number of para-hydroxylation sites is 2. The number of nitrogens with one attached hydrogen (secondary N) is 2. The maximum Gasteiger partial charge on any atom is 0.341 e. The van der Waals surface area contributed by atoms with Crippen LogP contribution in [0.5, 0.6) is 0 Å². The molecule has 24 heavy (non-hydrogen) atoms. The van der Waals surface area contributed by atoms with Crippen LogP contribution in [0.2, 0.25) is 0 Å². The number of quaternary nitrogens is 1. The van der Waals surface area contributed by atoms with Gasteiger partial charge in [-0.25, -0.2) is 5.43 Å². The summed E-state index contributed by atoms with van der Waals surface area (Å²) in [5.41, 5.74) is 2.07. The van der Waals surface area contributed by atoms with Crippen LogP contribution in [-0.2, 0) is 4.79 Å². The van der Waals surface area contributed by atoms with Crippen molar-refractivity contribution in [1.29, 1.82) is 0 Å². The third kappa shape index (κ3) is 2.64. The second-order valence-electron chi connectivity index (χ2n) is 4.79. The Hall–Kier alpha value is -3.43. The lowest BCUT2D eigenvalue weighted by Gasteiger charge is -2.25. The first-order valence-electron chi connectivity index (χ1n) is 6.85. The second kappa shape index (κ2) is 6.36. The topological polar surface area (TPSA) is 125 Å². The van der Waals surface area contributed by atoms with E-state index in [1.54, 1.807) is 18.2 Å². The average Bonchev–Trinajstić information content (AvgIpc) is 2.64. The van der Waals surface area contributed by atoms with E-state index < -0.39 is 22.5 Å². The Morgan fingerprint density at radius 3 is 2.79 bits per heavy atom. The second-order valence-corrected chi connectivity index (χ2v) is 4.79. The molecule has 1 aromatic heterocycles. The van der Waals surface area contributed by atoms with Gasteiger partial charge in [0.15, 0.2) is 0 Å². The molecule has 0 spiro atoms. The van der Waals surface area contributed by atoms with E-state index >= 15 is 0 Å². The minimum Gasteiger partial charge on any atom is -0.622 e. The van der Waals surface area contributed by atoms with Crippen LogP contribution >= 0.6 is 0 Å². The van der Waals surface area contributed by atoms with E-state index in [2.05, 4.69) is 15.5 Å². The van der Waals surface area contributed by atoms with Crippen molar-refractivity contribution in [3.05, 3.63) is 64.8 Å². The first-order valence-corrected chi connectivity index (χ1v) is 6.85. The molecule has 9 heteroatoms. The largest absolute Gasteiger partial charge is 0.622 e. The summed E-state index contributed by atoms with van der Waals surface area (Å²) in [5.74, 6) is -1.04. The van der Waals surface area contributed by atoms with E-state index in [0.29, 0.717) is 4.74 Å². The lowest BCUT2D eigenvalue weighted by Crippen LogP contribution is -3.07. The van der Waals surface area contributed by atoms with E-state index in [-0.39, 0.29) is 23.2 Å². The summed E-state index contributed by atoms with van der Waals surface area (Å²) in [4.78, 5) is 27.0. The number of fused-ring (bicyclic) bond motifs is 1. The highest BCUT2D eigenvalue weighted by Crippen LogP contribution is 2.22. The van der Waals surface area contributed by atoms with Gasteiger partial charge in [-0.3, -0.25) is 19.6 Å². The Morgan fingerprint density at radius 2 is 2.08 bits per heavy atom. The highest BCUT2D eigenvalue weighted by molar-refractivity contribution is 6.57. The van der Waals surface area contributed by atoms with Gasteiger partial charge in [0.1, 0.15) is 0 Å². The van der Waals surface area contributed by atoms with Gasteiger partial charge in [0.25, 0.3) is 11.6 Å². The van der Waals surface area contributed by atoms with Crippen LogP contribution in [0.4, 0.5) is 11.4 Å². The third-order valence-corrected chi connectivity index (χ3v) is 3.35. The van der Waals surface area contributed by atoms with Gasteiger partial charge in [-0.05, 0) is 12.1 Å². The molecule has 3 rings (SSSR count). The molecule has 1 unspecified atom stereocenters. The molecule has 0 fully saturated rings. The number of carbonyl (C=O) groups excluding carboxylic acids is 2. The molecule has 120 valence electrons. The fraction of sp³-hybridized carbons (Fsp3) is 0. The van der Waals surface area contributed by atoms with Crippen molar-refractivity contribution in [3.63, 3.8) is 0 Å². The number of hydrogen-bond donors (Lipinski definition) is 2. The van der Waals surface area contributed by atoms with Crippen molar-refractivity contribution >= 4 is 35.1 Å². The van der Waals surface area contributed by atoms with E-state index in [1.807, 2.05) is 0 Å². The smallest absolute Gasteiger partial charge is 0.341 e. The third-order valence-electron chi connectivity index (χ3n) is 3.35. The highest BCUT2D eigenvalue weighted by atomic mass is 16.5. The molecule has 0 saturated carbocycles. The molecule has 2 aromatic rings. The number of pyridine rings is 1. The summed E-state index contributed by atoms with van der Waals surface area (Å²) in [5, 5.41) is 27.7. The number of hydrazone groups is 1. The molecule has 1 aromatic carbocycles. The van der Waals surface area contributed by atoms with Gasteiger partial charge in [0.2, 0.25) is 12.0 Å². The van der Waals surface area contributed by atoms with Crippen LogP contribution in [0.3, 0.4) is 0 Å². The molecule has 2 heterocycles. The van der Waals surface area contributed by atoms with Crippen molar-refractivity contribution in [2.75, 3.05) is 0 Å². The van der Waals surface area contributed by atoms with Crippen LogP contribution < -0.4 is 10.5 Å². The molecular weight excluding hydrogens is 314 g/mol. The van der Waals surface area contributed by atoms with E-state index in [4.69, 9.17) is 0 Å². The summed E-state index contributed by atoms with van der Waals surface area (Å²) in [7, 11) is 0. The van der Waals surface area contributed by atoms with Crippen molar-refractivity contribution in [1.82, 2.24) is 10.4 Å². The number of hydrogen-bond acceptors (Lipinski definition) is 6. The van der Waals surface area contributed by atoms with Crippen LogP contribution in [0.15, 0.2) is 53.9 Å². The van der Waals surface area contributed by atoms with Gasteiger partial charge in [-0.1, -0.05) is 12.1 Å². The van der Waals surface area contributed by atoms with Gasteiger partial charge in [0.05, 0.1) is 5.56 Å². The number of nitrogens with zero attached hydrogens (tertiary/aromatic N) is 3. The predicted octanol–water partition coefficient (Wildman–Crippen LogP) is -0.365. The zero-order valence-electron chi connectivity index (χ0n) is 12.2. The van der Waals surface area contributed by atoms with Gasteiger partial charge < -0.3 is 10.4 Å². The summed E-state index contributed by atoms with van der Waals surface area (Å²) < 4.78 is 0.318. The van der Waals surface area contributed by atoms with Crippen LogP contribution in [0, 0.1) is 10.4 Å². The first-order chi connectivity index (χ1) is 11.6. The van der Waals surface area contributed by atoms with Gasteiger partial charge >= 0.3 is 11.5 Å². The lowest BCUT2D eigenvalue weighted by molar-refractivity contribution is -0.673. The van der Waals surface area contributed by atoms with Crippen LogP contribution in [-0.4, -0.2) is 33.5 Å². The zero-order chi connectivity index (χ0) is 17.1. The number of hydroxylamine groups is 1. The molecular formula is C15H11N5O4. The number of aromatic nitrogens is 1. The Balaban J connectivity index is 1.97. The number of carbonyl (C=O) groups is 2. The zero-order valence-corrected chi connectivity index (χ0v) is 12.2. The first kappa shape index (κ1) is 15.5. The minimum atomic E-state index is -0.620. The summed E-state index contributed by atoms with van der Waals surface area (Å²) in [6, 6.07) is 9.10.